The molecule has 9 heteroatoms. The van der Waals surface area contributed by atoms with Crippen molar-refractivity contribution >= 4 is 40.9 Å². The molecule has 0 saturated carbocycles. The number of halogens is 1. The Morgan fingerprint density at radius 2 is 1.74 bits per heavy atom. The van der Waals surface area contributed by atoms with E-state index in [-0.39, 0.29) is 23.1 Å². The Balaban J connectivity index is 0.000000413. The van der Waals surface area contributed by atoms with Crippen molar-refractivity contribution in [3.8, 4) is 0 Å². The molecular formula is C18H28ClN2O6+. The van der Waals surface area contributed by atoms with Gasteiger partial charge in [0.05, 0.1) is 0 Å². The lowest BCUT2D eigenvalue weighted by Gasteiger charge is -2.21. The molecule has 1 fully saturated rings. The van der Waals surface area contributed by atoms with Gasteiger partial charge in [-0.05, 0) is 31.4 Å². The quantitative estimate of drug-likeness (QED) is 0.461. The summed E-state index contributed by atoms with van der Waals surface area (Å²) < 4.78 is 0. The molecule has 2 rings (SSSR count). The number of nitrogens with zero attached hydrogens (tertiary/aromatic N) is 1. The van der Waals surface area contributed by atoms with Crippen LogP contribution in [0.15, 0.2) is 12.2 Å². The van der Waals surface area contributed by atoms with Crippen molar-refractivity contribution in [2.75, 3.05) is 6.54 Å². The lowest BCUT2D eigenvalue weighted by molar-refractivity contribution is -0.476. The van der Waals surface area contributed by atoms with Crippen LogP contribution in [-0.2, 0) is 19.2 Å². The predicted octanol–water partition coefficient (Wildman–Crippen LogP) is 0.431. The fourth-order valence-corrected chi connectivity index (χ4v) is 2.27. The van der Waals surface area contributed by atoms with Crippen molar-refractivity contribution in [2.24, 2.45) is 5.92 Å². The third-order valence-electron chi connectivity index (χ3n) is 3.83. The molecule has 0 unspecified atom stereocenters. The van der Waals surface area contributed by atoms with Gasteiger partial charge in [-0.3, -0.25) is 9.59 Å². The first-order chi connectivity index (χ1) is 12.5. The Labute approximate surface area is 163 Å². The van der Waals surface area contributed by atoms with Crippen LogP contribution in [0.1, 0.15) is 46.5 Å². The van der Waals surface area contributed by atoms with E-state index in [0.29, 0.717) is 18.5 Å². The van der Waals surface area contributed by atoms with E-state index in [1.807, 2.05) is 0 Å². The molecule has 0 aromatic carbocycles. The average molecular weight is 404 g/mol. The fraction of sp³-hybridized carbons (Fsp3) is 0.611. The summed E-state index contributed by atoms with van der Waals surface area (Å²) in [5, 5.41) is 16.9. The highest BCUT2D eigenvalue weighted by atomic mass is 35.5. The molecule has 2 atom stereocenters. The Kier molecular flexibility index (Phi) is 11.2. The normalized spacial score (nSPS) is 20.3. The summed E-state index contributed by atoms with van der Waals surface area (Å²) in [7, 11) is 0. The molecule has 1 amide bonds. The van der Waals surface area contributed by atoms with Crippen LogP contribution in [0.5, 0.6) is 0 Å². The zero-order valence-electron chi connectivity index (χ0n) is 15.9. The standard InChI is InChI=1S/C9H13NO3.C5H7NO2.C4H7ClO/c1-6(2)8(11)10-5-3-4-7(10)9(12)13;7-5(8)4-2-1-3-6-4;1-3(2)4(5)6/h7H,1,3-5H2,2H3,(H,12,13);3-4H,1-2H2,(H,7,8);3H,1-2H3/p+1/t7-;4-;/m11./s1. The minimum atomic E-state index is -0.924. The van der Waals surface area contributed by atoms with Crippen molar-refractivity contribution in [3.63, 3.8) is 0 Å². The second-order valence-electron chi connectivity index (χ2n) is 6.57. The largest absolute Gasteiger partial charge is 0.480 e. The number of carboxylic acids is 2. The topological polar surface area (TPSA) is 126 Å². The molecule has 0 radical (unpaired) electrons. The number of carbonyl (C=O) groups is 4. The first kappa shape index (κ1) is 24.8. The van der Waals surface area contributed by atoms with Gasteiger partial charge in [0.1, 0.15) is 12.3 Å². The summed E-state index contributed by atoms with van der Waals surface area (Å²) in [6.07, 6.45) is 4.70. The number of amides is 1. The van der Waals surface area contributed by atoms with E-state index < -0.39 is 18.0 Å². The maximum atomic E-state index is 11.4. The number of rotatable bonds is 4. The van der Waals surface area contributed by atoms with Gasteiger partial charge in [0.25, 0.3) is 0 Å². The molecule has 0 aromatic rings. The lowest BCUT2D eigenvalue weighted by Crippen LogP contribution is -2.75. The Hall–Kier alpha value is -2.22. The van der Waals surface area contributed by atoms with Crippen LogP contribution in [0, 0.1) is 5.92 Å². The molecule has 2 aliphatic rings. The number of hydrogen-bond acceptors (Lipinski definition) is 4. The summed E-state index contributed by atoms with van der Waals surface area (Å²) in [5.41, 5.74) is 0.396. The minimum Gasteiger partial charge on any atom is -0.480 e. The van der Waals surface area contributed by atoms with Gasteiger partial charge in [0, 0.05) is 30.9 Å². The van der Waals surface area contributed by atoms with E-state index in [1.54, 1.807) is 27.0 Å². The Bertz CT molecular complexity index is 603. The van der Waals surface area contributed by atoms with Gasteiger partial charge in [0.2, 0.25) is 17.2 Å². The third kappa shape index (κ3) is 9.33. The number of carboxylic acid groups (broad SMARTS) is 2. The number of aliphatic carboxylic acids is 2. The van der Waals surface area contributed by atoms with Gasteiger partial charge in [-0.25, -0.2) is 14.6 Å². The first-order valence-corrected chi connectivity index (χ1v) is 9.06. The van der Waals surface area contributed by atoms with Crippen LogP contribution >= 0.6 is 11.6 Å². The Morgan fingerprint density at radius 3 is 2.04 bits per heavy atom. The van der Waals surface area contributed by atoms with Crippen LogP contribution < -0.4 is 4.99 Å². The van der Waals surface area contributed by atoms with Crippen molar-refractivity contribution in [2.45, 2.75) is 58.5 Å². The molecule has 0 spiro atoms. The summed E-state index contributed by atoms with van der Waals surface area (Å²) in [6.45, 7) is 9.15. The highest BCUT2D eigenvalue weighted by molar-refractivity contribution is 6.63. The van der Waals surface area contributed by atoms with Gasteiger partial charge >= 0.3 is 11.9 Å². The summed E-state index contributed by atoms with van der Waals surface area (Å²) in [5.74, 6) is -1.94. The van der Waals surface area contributed by atoms with E-state index in [4.69, 9.17) is 21.8 Å². The zero-order valence-corrected chi connectivity index (χ0v) is 16.7. The molecule has 3 N–H and O–H groups in total. The van der Waals surface area contributed by atoms with E-state index in [1.165, 1.54) is 4.90 Å². The monoisotopic (exact) mass is 403 g/mol. The molecule has 8 nitrogen and oxygen atoms in total. The van der Waals surface area contributed by atoms with Crippen molar-refractivity contribution in [1.29, 1.82) is 0 Å². The summed E-state index contributed by atoms with van der Waals surface area (Å²) >= 11 is 4.97. The highest BCUT2D eigenvalue weighted by Gasteiger charge is 2.33. The molecule has 0 bridgehead atoms. The van der Waals surface area contributed by atoms with E-state index in [9.17, 15) is 19.2 Å². The third-order valence-corrected chi connectivity index (χ3v) is 4.27. The highest BCUT2D eigenvalue weighted by Crippen LogP contribution is 2.19. The molecule has 2 heterocycles. The predicted molar refractivity (Wildman–Crippen MR) is 101 cm³/mol. The van der Waals surface area contributed by atoms with Crippen molar-refractivity contribution in [1.82, 2.24) is 4.90 Å². The first-order valence-electron chi connectivity index (χ1n) is 8.68. The van der Waals surface area contributed by atoms with Crippen molar-refractivity contribution in [3.05, 3.63) is 12.2 Å². The van der Waals surface area contributed by atoms with E-state index >= 15 is 0 Å². The summed E-state index contributed by atoms with van der Waals surface area (Å²) in [6, 6.07) is -0.973. The SMILES string of the molecule is C=C(C)C(=O)N1CCC[C@@H]1C(=O)O.CC(C)C(=O)Cl.O=C(O)[C@H]1CCC=[NH+]1. The average Bonchev–Trinajstić information content (AvgIpc) is 3.26. The van der Waals surface area contributed by atoms with Gasteiger partial charge in [-0.1, -0.05) is 20.4 Å². The minimum absolute atomic E-state index is 0.0216. The molecule has 0 aliphatic carbocycles. The van der Waals surface area contributed by atoms with Gasteiger partial charge in [-0.2, -0.15) is 0 Å². The number of nitrogens with one attached hydrogen (secondary N) is 1. The van der Waals surface area contributed by atoms with Crippen LogP contribution in [0.4, 0.5) is 0 Å². The number of hydrogen-bond donors (Lipinski definition) is 3. The fourth-order valence-electron chi connectivity index (χ4n) is 2.27. The van der Waals surface area contributed by atoms with Gasteiger partial charge < -0.3 is 15.1 Å². The Morgan fingerprint density at radius 1 is 1.19 bits per heavy atom. The lowest BCUT2D eigenvalue weighted by atomic mass is 10.2. The van der Waals surface area contributed by atoms with Crippen LogP contribution in [-0.4, -0.2) is 63.0 Å². The van der Waals surface area contributed by atoms with Gasteiger partial charge in [0.15, 0.2) is 0 Å². The second kappa shape index (κ2) is 12.2. The van der Waals surface area contributed by atoms with Gasteiger partial charge in [-0.15, -0.1) is 0 Å². The summed E-state index contributed by atoms with van der Waals surface area (Å²) in [4.78, 5) is 46.3. The molecule has 2 aliphatic heterocycles. The van der Waals surface area contributed by atoms with E-state index in [0.717, 1.165) is 19.3 Å². The van der Waals surface area contributed by atoms with E-state index in [2.05, 4.69) is 11.6 Å². The number of likely N-dealkylation sites (tertiary alicyclic amines) is 1. The van der Waals surface area contributed by atoms with Crippen LogP contribution in [0.3, 0.4) is 0 Å². The molecule has 27 heavy (non-hydrogen) atoms. The second-order valence-corrected chi connectivity index (χ2v) is 6.95. The maximum absolute atomic E-state index is 11.4. The van der Waals surface area contributed by atoms with Crippen molar-refractivity contribution < 1.29 is 34.4 Å². The van der Waals surface area contributed by atoms with Crippen LogP contribution in [0.2, 0.25) is 0 Å². The maximum Gasteiger partial charge on any atom is 0.372 e. The van der Waals surface area contributed by atoms with Crippen LogP contribution in [0.25, 0.3) is 0 Å². The molecular weight excluding hydrogens is 376 g/mol. The molecule has 1 saturated heterocycles. The zero-order chi connectivity index (χ0) is 21.1. The number of carbonyl (C=O) groups excluding carboxylic acids is 2. The molecule has 152 valence electrons. The molecule has 0 aromatic heterocycles. The smallest absolute Gasteiger partial charge is 0.372 e.